The first-order valence-electron chi connectivity index (χ1n) is 8.95. The van der Waals surface area contributed by atoms with Crippen LogP contribution in [-0.2, 0) is 13.0 Å². The van der Waals surface area contributed by atoms with Gasteiger partial charge in [-0.05, 0) is 13.1 Å². The molecule has 1 aliphatic rings. The second-order valence-corrected chi connectivity index (χ2v) is 7.31. The lowest BCUT2D eigenvalue weighted by molar-refractivity contribution is -0.290. The second kappa shape index (κ2) is 6.69. The molecule has 162 valence electrons. The first-order chi connectivity index (χ1) is 13.9. The minimum absolute atomic E-state index is 0.106. The lowest BCUT2D eigenvalue weighted by Gasteiger charge is -2.33. The van der Waals surface area contributed by atoms with Crippen LogP contribution in [0.3, 0.4) is 0 Å². The van der Waals surface area contributed by atoms with Crippen molar-refractivity contribution in [3.05, 3.63) is 29.5 Å². The van der Waals surface area contributed by atoms with E-state index in [0.717, 1.165) is 0 Å². The highest BCUT2D eigenvalue weighted by Gasteiger charge is 2.60. The topological polar surface area (TPSA) is 37.2 Å². The highest BCUT2D eigenvalue weighted by Crippen LogP contribution is 2.47. The van der Waals surface area contributed by atoms with Crippen molar-refractivity contribution in [1.82, 2.24) is 19.7 Å². The zero-order valence-corrected chi connectivity index (χ0v) is 15.9. The van der Waals surface area contributed by atoms with E-state index in [2.05, 4.69) is 15.0 Å². The zero-order valence-electron chi connectivity index (χ0n) is 15.9. The summed E-state index contributed by atoms with van der Waals surface area (Å²) < 4.78 is 96.5. The van der Waals surface area contributed by atoms with Crippen LogP contribution in [0.2, 0.25) is 0 Å². The molecule has 3 heterocycles. The van der Waals surface area contributed by atoms with E-state index in [9.17, 15) is 30.7 Å². The molecule has 0 amide bonds. The summed E-state index contributed by atoms with van der Waals surface area (Å²) in [6.07, 6.45) is -4.74. The summed E-state index contributed by atoms with van der Waals surface area (Å²) in [5, 5.41) is 3.96. The fourth-order valence-corrected chi connectivity index (χ4v) is 3.56. The quantitative estimate of drug-likeness (QED) is 0.574. The Labute approximate surface area is 165 Å². The number of piperazine rings is 1. The number of anilines is 1. The number of hydrogen-bond donors (Lipinski definition) is 0. The number of rotatable bonds is 2. The van der Waals surface area contributed by atoms with Crippen LogP contribution in [0.5, 0.6) is 0 Å². The molecule has 0 saturated carbocycles. The number of pyridine rings is 1. The Morgan fingerprint density at radius 1 is 0.867 bits per heavy atom. The van der Waals surface area contributed by atoms with Crippen LogP contribution in [0.25, 0.3) is 21.8 Å². The number of halogens is 7. The molecule has 0 N–H and O–H groups in total. The molecule has 5 nitrogen and oxygen atoms in total. The van der Waals surface area contributed by atoms with Crippen molar-refractivity contribution in [2.45, 2.75) is 12.1 Å². The van der Waals surface area contributed by atoms with E-state index in [4.69, 9.17) is 0 Å². The Hall–Kier alpha value is -2.63. The van der Waals surface area contributed by atoms with Gasteiger partial charge in [0.05, 0.1) is 5.56 Å². The Kier molecular flexibility index (Phi) is 4.60. The van der Waals surface area contributed by atoms with E-state index in [0.29, 0.717) is 32.2 Å². The predicted molar refractivity (Wildman–Crippen MR) is 95.6 cm³/mol. The van der Waals surface area contributed by atoms with Crippen molar-refractivity contribution >= 4 is 27.6 Å². The van der Waals surface area contributed by atoms with Gasteiger partial charge in [-0.1, -0.05) is 0 Å². The fourth-order valence-electron chi connectivity index (χ4n) is 3.56. The molecule has 1 fully saturated rings. The molecule has 1 saturated heterocycles. The molecule has 4 rings (SSSR count). The first kappa shape index (κ1) is 20.6. The van der Waals surface area contributed by atoms with Crippen LogP contribution in [-0.4, -0.2) is 59.1 Å². The molecular weight excluding hydrogens is 419 g/mol. The molecular formula is C18H16F7N5. The molecule has 2 aromatic heterocycles. The summed E-state index contributed by atoms with van der Waals surface area (Å²) in [5.74, 6) is -9.48. The minimum atomic E-state index is -6.09. The van der Waals surface area contributed by atoms with Gasteiger partial charge < -0.3 is 9.80 Å². The SMILES string of the molecule is CN1CCN(c2nc3c(F)c(F)c(C(F)(F)C(F)(F)F)cc3c3cn(C)nc23)CC1. The molecule has 0 atom stereocenters. The van der Waals surface area contributed by atoms with E-state index in [-0.39, 0.29) is 22.1 Å². The smallest absolute Gasteiger partial charge is 0.352 e. The van der Waals surface area contributed by atoms with Gasteiger partial charge in [0.2, 0.25) is 0 Å². The summed E-state index contributed by atoms with van der Waals surface area (Å²) in [7, 11) is 3.43. The molecule has 1 aliphatic heterocycles. The number of fused-ring (bicyclic) bond motifs is 3. The Balaban J connectivity index is 2.01. The maximum absolute atomic E-state index is 14.7. The number of likely N-dealkylation sites (N-methyl/N-ethyl adjacent to an activating group) is 1. The van der Waals surface area contributed by atoms with Crippen LogP contribution in [0.4, 0.5) is 36.6 Å². The van der Waals surface area contributed by atoms with Crippen molar-refractivity contribution in [3.8, 4) is 0 Å². The van der Waals surface area contributed by atoms with Gasteiger partial charge in [-0.15, -0.1) is 0 Å². The zero-order chi connectivity index (χ0) is 22.0. The van der Waals surface area contributed by atoms with Crippen molar-refractivity contribution in [3.63, 3.8) is 0 Å². The molecule has 1 aromatic carbocycles. The number of nitrogens with zero attached hydrogens (tertiary/aromatic N) is 5. The maximum atomic E-state index is 14.7. The van der Waals surface area contributed by atoms with E-state index in [1.807, 2.05) is 7.05 Å². The lowest BCUT2D eigenvalue weighted by Crippen LogP contribution is -2.45. The molecule has 0 unspecified atom stereocenters. The summed E-state index contributed by atoms with van der Waals surface area (Å²) in [6, 6.07) is 0.312. The molecule has 0 aliphatic carbocycles. The fraction of sp³-hybridized carbons (Fsp3) is 0.444. The third kappa shape index (κ3) is 3.04. The minimum Gasteiger partial charge on any atom is -0.352 e. The lowest BCUT2D eigenvalue weighted by atomic mass is 10.0. The van der Waals surface area contributed by atoms with Gasteiger partial charge in [0, 0.05) is 50.2 Å². The normalized spacial score (nSPS) is 16.8. The Bertz CT molecular complexity index is 1130. The summed E-state index contributed by atoms with van der Waals surface area (Å²) in [6.45, 7) is 2.35. The van der Waals surface area contributed by atoms with Gasteiger partial charge in [0.25, 0.3) is 0 Å². The maximum Gasteiger partial charge on any atom is 0.458 e. The predicted octanol–water partition coefficient (Wildman–Crippen LogP) is 3.81. The van der Waals surface area contributed by atoms with E-state index < -0.39 is 34.8 Å². The number of hydrogen-bond acceptors (Lipinski definition) is 4. The van der Waals surface area contributed by atoms with Crippen LogP contribution in [0.1, 0.15) is 5.56 Å². The standard InChI is InChI=1S/C18H16F7N5/c1-28-3-5-30(6-4-28)16-15-10(8-29(2)27-15)9-7-11(17(21,22)18(23,24)25)12(19)13(20)14(9)26-16/h7-8H,3-6H2,1-2H3. The van der Waals surface area contributed by atoms with E-state index >= 15 is 0 Å². The third-order valence-electron chi connectivity index (χ3n) is 5.23. The molecule has 30 heavy (non-hydrogen) atoms. The molecule has 12 heteroatoms. The van der Waals surface area contributed by atoms with Gasteiger partial charge in [-0.3, -0.25) is 4.68 Å². The summed E-state index contributed by atoms with van der Waals surface area (Å²) in [4.78, 5) is 7.95. The second-order valence-electron chi connectivity index (χ2n) is 7.31. The summed E-state index contributed by atoms with van der Waals surface area (Å²) >= 11 is 0. The largest absolute Gasteiger partial charge is 0.458 e. The van der Waals surface area contributed by atoms with E-state index in [1.165, 1.54) is 17.9 Å². The van der Waals surface area contributed by atoms with Crippen LogP contribution in [0.15, 0.2) is 12.3 Å². The van der Waals surface area contributed by atoms with Crippen LogP contribution >= 0.6 is 0 Å². The number of alkyl halides is 5. The Morgan fingerprint density at radius 2 is 1.50 bits per heavy atom. The van der Waals surface area contributed by atoms with Gasteiger partial charge in [-0.25, -0.2) is 13.8 Å². The summed E-state index contributed by atoms with van der Waals surface area (Å²) in [5.41, 5.74) is -2.50. The Morgan fingerprint density at radius 3 is 2.10 bits per heavy atom. The average Bonchev–Trinajstić information content (AvgIpc) is 3.05. The first-order valence-corrected chi connectivity index (χ1v) is 8.95. The third-order valence-corrected chi connectivity index (χ3v) is 5.23. The highest BCUT2D eigenvalue weighted by molar-refractivity contribution is 6.09. The van der Waals surface area contributed by atoms with Crippen LogP contribution < -0.4 is 4.90 Å². The van der Waals surface area contributed by atoms with Gasteiger partial charge in [-0.2, -0.15) is 27.1 Å². The van der Waals surface area contributed by atoms with Gasteiger partial charge in [0.15, 0.2) is 17.5 Å². The van der Waals surface area contributed by atoms with E-state index in [1.54, 1.807) is 4.90 Å². The number of aromatic nitrogens is 3. The molecule has 3 aromatic rings. The molecule has 0 spiro atoms. The van der Waals surface area contributed by atoms with Crippen molar-refractivity contribution in [1.29, 1.82) is 0 Å². The molecule has 0 radical (unpaired) electrons. The molecule has 0 bridgehead atoms. The van der Waals surface area contributed by atoms with Crippen molar-refractivity contribution in [2.75, 3.05) is 38.1 Å². The van der Waals surface area contributed by atoms with Gasteiger partial charge >= 0.3 is 12.1 Å². The average molecular weight is 435 g/mol. The monoisotopic (exact) mass is 435 g/mol. The van der Waals surface area contributed by atoms with Crippen molar-refractivity contribution in [2.24, 2.45) is 7.05 Å². The van der Waals surface area contributed by atoms with Crippen molar-refractivity contribution < 1.29 is 30.7 Å². The van der Waals surface area contributed by atoms with Gasteiger partial charge in [0.1, 0.15) is 11.0 Å². The highest BCUT2D eigenvalue weighted by atomic mass is 19.4. The number of benzene rings is 1. The number of aryl methyl sites for hydroxylation is 1. The van der Waals surface area contributed by atoms with Crippen LogP contribution in [0, 0.1) is 11.6 Å².